The van der Waals surface area contributed by atoms with Crippen LogP contribution < -0.4 is 10.6 Å². The highest BCUT2D eigenvalue weighted by atomic mass is 79.9. The highest BCUT2D eigenvalue weighted by molar-refractivity contribution is 9.10. The average molecular weight is 483 g/mol. The van der Waals surface area contributed by atoms with Crippen LogP contribution in [0.2, 0.25) is 0 Å². The number of benzene rings is 3. The smallest absolute Gasteiger partial charge is 0.306 e. The van der Waals surface area contributed by atoms with Gasteiger partial charge < -0.3 is 15.4 Å². The van der Waals surface area contributed by atoms with Crippen LogP contribution in [0.3, 0.4) is 0 Å². The molecule has 0 bridgehead atoms. The van der Waals surface area contributed by atoms with Crippen molar-refractivity contribution in [2.75, 3.05) is 17.2 Å². The van der Waals surface area contributed by atoms with Gasteiger partial charge in [0.2, 0.25) is 5.91 Å². The molecule has 2 N–H and O–H groups in total. The highest BCUT2D eigenvalue weighted by Gasteiger charge is 2.13. The lowest BCUT2D eigenvalue weighted by atomic mass is 10.1. The van der Waals surface area contributed by atoms with Gasteiger partial charge in [-0.05, 0) is 48.6 Å². The fraction of sp³-hybridized carbons (Fsp3) is 0.208. The first-order chi connectivity index (χ1) is 14.8. The zero-order valence-electron chi connectivity index (χ0n) is 17.3. The van der Waals surface area contributed by atoms with E-state index in [2.05, 4.69) is 26.6 Å². The van der Waals surface area contributed by atoms with Gasteiger partial charge in [-0.15, -0.1) is 0 Å². The Kier molecular flexibility index (Phi) is 7.41. The third kappa shape index (κ3) is 5.92. The van der Waals surface area contributed by atoms with Crippen LogP contribution in [0.15, 0.2) is 59.1 Å². The number of halogens is 1. The molecule has 7 heteroatoms. The number of anilines is 2. The zero-order valence-corrected chi connectivity index (χ0v) is 18.9. The summed E-state index contributed by atoms with van der Waals surface area (Å²) in [7, 11) is 0. The number of ether oxygens (including phenoxy) is 1. The summed E-state index contributed by atoms with van der Waals surface area (Å²) in [6.07, 6.45) is -0.144. The molecule has 0 aliphatic carbocycles. The second-order valence-electron chi connectivity index (χ2n) is 7.13. The van der Waals surface area contributed by atoms with Crippen molar-refractivity contribution in [2.45, 2.75) is 26.7 Å². The standard InChI is InChI=1S/C24H23BrN2O4/c1-15-16(2)20(11-10-19(15)25)26-23(29)14-31-24(30)13-12-22(28)27-21-9-5-7-17-6-3-4-8-18(17)21/h3-11H,12-14H2,1-2H3,(H,26,29)(H,27,28). The van der Waals surface area contributed by atoms with Crippen LogP contribution in [-0.4, -0.2) is 24.4 Å². The Morgan fingerprint density at radius 2 is 1.52 bits per heavy atom. The number of hydrogen-bond acceptors (Lipinski definition) is 4. The van der Waals surface area contributed by atoms with Gasteiger partial charge in [0.15, 0.2) is 6.61 Å². The maximum absolute atomic E-state index is 12.2. The van der Waals surface area contributed by atoms with E-state index in [1.807, 2.05) is 62.4 Å². The van der Waals surface area contributed by atoms with Crippen LogP contribution in [0.25, 0.3) is 10.8 Å². The summed E-state index contributed by atoms with van der Waals surface area (Å²) in [6, 6.07) is 17.0. The van der Waals surface area contributed by atoms with Crippen molar-refractivity contribution in [1.29, 1.82) is 0 Å². The minimum atomic E-state index is -0.605. The molecule has 0 saturated heterocycles. The second-order valence-corrected chi connectivity index (χ2v) is 7.98. The van der Waals surface area contributed by atoms with Crippen molar-refractivity contribution in [1.82, 2.24) is 0 Å². The molecule has 160 valence electrons. The van der Waals surface area contributed by atoms with Gasteiger partial charge in [0.05, 0.1) is 6.42 Å². The Bertz CT molecular complexity index is 1140. The molecular weight excluding hydrogens is 460 g/mol. The molecule has 3 aromatic rings. The molecule has 0 fully saturated rings. The Morgan fingerprint density at radius 1 is 0.806 bits per heavy atom. The fourth-order valence-corrected chi connectivity index (χ4v) is 3.52. The predicted octanol–water partition coefficient (Wildman–Crippen LogP) is 5.12. The lowest BCUT2D eigenvalue weighted by molar-refractivity contribution is -0.147. The number of carbonyl (C=O) groups excluding carboxylic acids is 3. The number of carbonyl (C=O) groups is 3. The normalized spacial score (nSPS) is 10.5. The van der Waals surface area contributed by atoms with Crippen LogP contribution in [0.1, 0.15) is 24.0 Å². The molecule has 2 amide bonds. The Balaban J connectivity index is 1.45. The lowest BCUT2D eigenvalue weighted by Gasteiger charge is -2.12. The van der Waals surface area contributed by atoms with Gasteiger partial charge in [-0.3, -0.25) is 14.4 Å². The Morgan fingerprint density at radius 3 is 2.32 bits per heavy atom. The van der Waals surface area contributed by atoms with Crippen LogP contribution in [0.5, 0.6) is 0 Å². The maximum atomic E-state index is 12.2. The van der Waals surface area contributed by atoms with E-state index in [-0.39, 0.29) is 18.7 Å². The summed E-state index contributed by atoms with van der Waals surface area (Å²) in [4.78, 5) is 36.3. The third-order valence-corrected chi connectivity index (χ3v) is 5.84. The van der Waals surface area contributed by atoms with E-state index < -0.39 is 18.5 Å². The van der Waals surface area contributed by atoms with E-state index >= 15 is 0 Å². The monoisotopic (exact) mass is 482 g/mol. The summed E-state index contributed by atoms with van der Waals surface area (Å²) in [5, 5.41) is 7.50. The van der Waals surface area contributed by atoms with Gasteiger partial charge in [0.1, 0.15) is 0 Å². The van der Waals surface area contributed by atoms with Crippen LogP contribution in [0, 0.1) is 13.8 Å². The maximum Gasteiger partial charge on any atom is 0.306 e. The summed E-state index contributed by atoms with van der Waals surface area (Å²) < 4.78 is 5.96. The van der Waals surface area contributed by atoms with Gasteiger partial charge in [0.25, 0.3) is 5.91 Å². The summed E-state index contributed by atoms with van der Waals surface area (Å²) in [6.45, 7) is 3.44. The topological polar surface area (TPSA) is 84.5 Å². The first-order valence-corrected chi connectivity index (χ1v) is 10.6. The highest BCUT2D eigenvalue weighted by Crippen LogP contribution is 2.26. The van der Waals surface area contributed by atoms with E-state index in [0.29, 0.717) is 11.4 Å². The summed E-state index contributed by atoms with van der Waals surface area (Å²) >= 11 is 3.44. The molecule has 0 aliphatic rings. The molecule has 6 nitrogen and oxygen atoms in total. The number of hydrogen-bond donors (Lipinski definition) is 2. The molecule has 0 aliphatic heterocycles. The first-order valence-electron chi connectivity index (χ1n) is 9.84. The van der Waals surface area contributed by atoms with Crippen molar-refractivity contribution in [2.24, 2.45) is 0 Å². The number of nitrogens with one attached hydrogen (secondary N) is 2. The van der Waals surface area contributed by atoms with Gasteiger partial charge in [-0.25, -0.2) is 0 Å². The molecular formula is C24H23BrN2O4. The van der Waals surface area contributed by atoms with Crippen LogP contribution in [-0.2, 0) is 19.1 Å². The Hall–Kier alpha value is -3.19. The first kappa shape index (κ1) is 22.5. The van der Waals surface area contributed by atoms with Gasteiger partial charge >= 0.3 is 5.97 Å². The Labute approximate surface area is 189 Å². The van der Waals surface area contributed by atoms with Crippen molar-refractivity contribution >= 4 is 55.9 Å². The fourth-order valence-electron chi connectivity index (χ4n) is 3.09. The zero-order chi connectivity index (χ0) is 22.4. The molecule has 3 rings (SSSR count). The molecule has 0 saturated carbocycles. The quantitative estimate of drug-likeness (QED) is 0.457. The van der Waals surface area contributed by atoms with E-state index in [1.54, 1.807) is 6.07 Å². The molecule has 0 spiro atoms. The van der Waals surface area contributed by atoms with Gasteiger partial charge in [0, 0.05) is 27.7 Å². The van der Waals surface area contributed by atoms with Crippen molar-refractivity contribution in [3.8, 4) is 0 Å². The average Bonchev–Trinajstić information content (AvgIpc) is 2.77. The molecule has 0 atom stereocenters. The molecule has 0 radical (unpaired) electrons. The van der Waals surface area contributed by atoms with Crippen molar-refractivity contribution < 1.29 is 19.1 Å². The predicted molar refractivity (Wildman–Crippen MR) is 125 cm³/mol. The van der Waals surface area contributed by atoms with Crippen molar-refractivity contribution in [3.63, 3.8) is 0 Å². The van der Waals surface area contributed by atoms with Crippen LogP contribution in [0.4, 0.5) is 11.4 Å². The number of esters is 1. The van der Waals surface area contributed by atoms with E-state index in [1.165, 1.54) is 0 Å². The third-order valence-electron chi connectivity index (χ3n) is 4.98. The minimum Gasteiger partial charge on any atom is -0.456 e. The van der Waals surface area contributed by atoms with E-state index in [0.717, 1.165) is 26.4 Å². The van der Waals surface area contributed by atoms with Crippen LogP contribution >= 0.6 is 15.9 Å². The molecule has 0 heterocycles. The lowest BCUT2D eigenvalue weighted by Crippen LogP contribution is -2.22. The largest absolute Gasteiger partial charge is 0.456 e. The van der Waals surface area contributed by atoms with Gasteiger partial charge in [-0.2, -0.15) is 0 Å². The van der Waals surface area contributed by atoms with Crippen molar-refractivity contribution in [3.05, 3.63) is 70.2 Å². The summed E-state index contributed by atoms with van der Waals surface area (Å²) in [5.74, 6) is -1.33. The SMILES string of the molecule is Cc1c(Br)ccc(NC(=O)COC(=O)CCC(=O)Nc2cccc3ccccc23)c1C. The minimum absolute atomic E-state index is 0.0330. The summed E-state index contributed by atoms with van der Waals surface area (Å²) in [5.41, 5.74) is 3.30. The number of amides is 2. The number of fused-ring (bicyclic) bond motifs is 1. The van der Waals surface area contributed by atoms with E-state index in [9.17, 15) is 14.4 Å². The second kappa shape index (κ2) is 10.2. The molecule has 31 heavy (non-hydrogen) atoms. The number of rotatable bonds is 7. The van der Waals surface area contributed by atoms with Gasteiger partial charge in [-0.1, -0.05) is 52.3 Å². The molecule has 3 aromatic carbocycles. The molecule has 0 aromatic heterocycles. The van der Waals surface area contributed by atoms with E-state index in [4.69, 9.17) is 4.74 Å². The molecule has 0 unspecified atom stereocenters.